The average molecular weight is 245 g/mol. The first kappa shape index (κ1) is 12.8. The Balaban J connectivity index is 2.44. The lowest BCUT2D eigenvalue weighted by Crippen LogP contribution is -2.51. The minimum atomic E-state index is -0.862. The second-order valence-corrected chi connectivity index (χ2v) is 5.55. The molecule has 0 bridgehead atoms. The summed E-state index contributed by atoms with van der Waals surface area (Å²) in [5.74, 6) is 0.743. The molecule has 0 spiro atoms. The molecular weight excluding hydrogens is 226 g/mol. The highest BCUT2D eigenvalue weighted by molar-refractivity contribution is 5.88. The first-order valence-electron chi connectivity index (χ1n) is 6.01. The summed E-state index contributed by atoms with van der Waals surface area (Å²) in [6.45, 7) is 7.46. The SMILES string of the molecule is CC(C)(O)C(C)(C)Nc1ncnc2ccccc12. The molecule has 0 aliphatic rings. The van der Waals surface area contributed by atoms with Gasteiger partial charge in [-0.05, 0) is 39.8 Å². The summed E-state index contributed by atoms with van der Waals surface area (Å²) in [7, 11) is 0. The van der Waals surface area contributed by atoms with Crippen molar-refractivity contribution in [2.24, 2.45) is 0 Å². The van der Waals surface area contributed by atoms with E-state index in [-0.39, 0.29) is 0 Å². The Kier molecular flexibility index (Phi) is 2.99. The number of para-hydroxylation sites is 1. The number of anilines is 1. The zero-order valence-corrected chi connectivity index (χ0v) is 11.2. The van der Waals surface area contributed by atoms with Gasteiger partial charge in [0.25, 0.3) is 0 Å². The predicted molar refractivity (Wildman–Crippen MR) is 73.5 cm³/mol. The number of fused-ring (bicyclic) bond motifs is 1. The molecule has 2 rings (SSSR count). The lowest BCUT2D eigenvalue weighted by atomic mass is 9.86. The molecule has 0 amide bonds. The van der Waals surface area contributed by atoms with Crippen molar-refractivity contribution in [3.8, 4) is 0 Å². The average Bonchev–Trinajstić information content (AvgIpc) is 2.27. The maximum Gasteiger partial charge on any atom is 0.137 e. The van der Waals surface area contributed by atoms with Crippen LogP contribution in [-0.4, -0.2) is 26.2 Å². The fourth-order valence-corrected chi connectivity index (χ4v) is 1.55. The van der Waals surface area contributed by atoms with Crippen molar-refractivity contribution in [1.82, 2.24) is 9.97 Å². The van der Waals surface area contributed by atoms with Gasteiger partial charge < -0.3 is 10.4 Å². The summed E-state index contributed by atoms with van der Waals surface area (Å²) >= 11 is 0. The second-order valence-electron chi connectivity index (χ2n) is 5.55. The topological polar surface area (TPSA) is 58.0 Å². The molecule has 1 aromatic carbocycles. The summed E-state index contributed by atoms with van der Waals surface area (Å²) in [5, 5.41) is 14.4. The molecule has 0 unspecified atom stereocenters. The van der Waals surface area contributed by atoms with Gasteiger partial charge in [0.2, 0.25) is 0 Å². The van der Waals surface area contributed by atoms with Crippen LogP contribution in [0.4, 0.5) is 5.82 Å². The molecule has 0 saturated carbocycles. The van der Waals surface area contributed by atoms with Crippen molar-refractivity contribution < 1.29 is 5.11 Å². The minimum Gasteiger partial charge on any atom is -0.388 e. The highest BCUT2D eigenvalue weighted by atomic mass is 16.3. The van der Waals surface area contributed by atoms with E-state index < -0.39 is 11.1 Å². The van der Waals surface area contributed by atoms with Crippen LogP contribution in [0.2, 0.25) is 0 Å². The van der Waals surface area contributed by atoms with Gasteiger partial charge in [0.1, 0.15) is 12.1 Å². The molecule has 96 valence electrons. The van der Waals surface area contributed by atoms with E-state index in [4.69, 9.17) is 0 Å². The van der Waals surface area contributed by atoms with Gasteiger partial charge in [-0.15, -0.1) is 0 Å². The molecule has 1 heterocycles. The van der Waals surface area contributed by atoms with Crippen molar-refractivity contribution in [2.75, 3.05) is 5.32 Å². The smallest absolute Gasteiger partial charge is 0.137 e. The van der Waals surface area contributed by atoms with Gasteiger partial charge in [-0.25, -0.2) is 9.97 Å². The molecule has 1 aromatic heterocycles. The van der Waals surface area contributed by atoms with Crippen LogP contribution < -0.4 is 5.32 Å². The Labute approximate surface area is 107 Å². The number of nitrogens with one attached hydrogen (secondary N) is 1. The summed E-state index contributed by atoms with van der Waals surface area (Å²) in [5.41, 5.74) is -0.468. The molecule has 0 radical (unpaired) electrons. The number of aromatic nitrogens is 2. The van der Waals surface area contributed by atoms with E-state index >= 15 is 0 Å². The molecule has 0 aliphatic carbocycles. The van der Waals surface area contributed by atoms with Gasteiger partial charge in [0, 0.05) is 5.39 Å². The molecule has 4 nitrogen and oxygen atoms in total. The summed E-state index contributed by atoms with van der Waals surface area (Å²) < 4.78 is 0. The number of nitrogens with zero attached hydrogens (tertiary/aromatic N) is 2. The minimum absolute atomic E-state index is 0.496. The van der Waals surface area contributed by atoms with Gasteiger partial charge in [-0.2, -0.15) is 0 Å². The lowest BCUT2D eigenvalue weighted by molar-refractivity contribution is 0.0239. The molecule has 2 aromatic rings. The van der Waals surface area contributed by atoms with E-state index in [2.05, 4.69) is 15.3 Å². The van der Waals surface area contributed by atoms with Crippen LogP contribution in [0.25, 0.3) is 10.9 Å². The third-order valence-corrected chi connectivity index (χ3v) is 3.50. The molecule has 0 fully saturated rings. The van der Waals surface area contributed by atoms with Crippen LogP contribution in [-0.2, 0) is 0 Å². The van der Waals surface area contributed by atoms with Crippen molar-refractivity contribution in [3.63, 3.8) is 0 Å². The lowest BCUT2D eigenvalue weighted by Gasteiger charge is -2.38. The molecule has 18 heavy (non-hydrogen) atoms. The molecule has 0 saturated heterocycles. The third kappa shape index (κ3) is 2.29. The highest BCUT2D eigenvalue weighted by Gasteiger charge is 2.35. The maximum atomic E-state index is 10.2. The largest absolute Gasteiger partial charge is 0.388 e. The van der Waals surface area contributed by atoms with Crippen LogP contribution in [0, 0.1) is 0 Å². The van der Waals surface area contributed by atoms with Crippen LogP contribution >= 0.6 is 0 Å². The third-order valence-electron chi connectivity index (χ3n) is 3.50. The van der Waals surface area contributed by atoms with Gasteiger partial charge >= 0.3 is 0 Å². The quantitative estimate of drug-likeness (QED) is 0.872. The van der Waals surface area contributed by atoms with E-state index in [1.807, 2.05) is 38.1 Å². The van der Waals surface area contributed by atoms with Crippen molar-refractivity contribution in [1.29, 1.82) is 0 Å². The molecule has 4 heteroatoms. The Morgan fingerprint density at radius 1 is 1.06 bits per heavy atom. The molecule has 0 atom stereocenters. The first-order chi connectivity index (χ1) is 8.31. The Hall–Kier alpha value is -1.68. The standard InChI is InChI=1S/C14H19N3O/c1-13(2,14(3,4)18)17-12-10-7-5-6-8-11(10)15-9-16-12/h5-9,18H,1-4H3,(H,15,16,17). The summed E-state index contributed by atoms with van der Waals surface area (Å²) in [4.78, 5) is 8.49. The van der Waals surface area contributed by atoms with Crippen LogP contribution in [0.15, 0.2) is 30.6 Å². The predicted octanol–water partition coefficient (Wildman–Crippen LogP) is 2.59. The van der Waals surface area contributed by atoms with E-state index in [1.165, 1.54) is 6.33 Å². The Morgan fingerprint density at radius 3 is 2.39 bits per heavy atom. The molecular formula is C14H19N3O. The number of benzene rings is 1. The monoisotopic (exact) mass is 245 g/mol. The van der Waals surface area contributed by atoms with E-state index in [1.54, 1.807) is 13.8 Å². The second kappa shape index (κ2) is 4.21. The Morgan fingerprint density at radius 2 is 1.72 bits per heavy atom. The summed E-state index contributed by atoms with van der Waals surface area (Å²) in [6, 6.07) is 7.81. The van der Waals surface area contributed by atoms with Gasteiger partial charge in [-0.3, -0.25) is 0 Å². The number of hydrogen-bond donors (Lipinski definition) is 2. The zero-order chi connectivity index (χ0) is 13.4. The fraction of sp³-hybridized carbons (Fsp3) is 0.429. The maximum absolute atomic E-state index is 10.2. The van der Waals surface area contributed by atoms with Gasteiger partial charge in [0.05, 0.1) is 16.7 Å². The molecule has 2 N–H and O–H groups in total. The van der Waals surface area contributed by atoms with E-state index in [0.29, 0.717) is 0 Å². The first-order valence-corrected chi connectivity index (χ1v) is 6.01. The number of aliphatic hydroxyl groups is 1. The summed E-state index contributed by atoms with van der Waals surface area (Å²) in [6.07, 6.45) is 1.53. The zero-order valence-electron chi connectivity index (χ0n) is 11.2. The van der Waals surface area contributed by atoms with Gasteiger partial charge in [-0.1, -0.05) is 12.1 Å². The van der Waals surface area contributed by atoms with E-state index in [0.717, 1.165) is 16.7 Å². The van der Waals surface area contributed by atoms with Crippen LogP contribution in [0.3, 0.4) is 0 Å². The van der Waals surface area contributed by atoms with Crippen LogP contribution in [0.5, 0.6) is 0 Å². The van der Waals surface area contributed by atoms with Crippen molar-refractivity contribution in [2.45, 2.75) is 38.8 Å². The van der Waals surface area contributed by atoms with Crippen molar-refractivity contribution in [3.05, 3.63) is 30.6 Å². The Bertz CT molecular complexity index is 553. The number of hydrogen-bond acceptors (Lipinski definition) is 4. The van der Waals surface area contributed by atoms with E-state index in [9.17, 15) is 5.11 Å². The molecule has 0 aliphatic heterocycles. The van der Waals surface area contributed by atoms with Crippen molar-refractivity contribution >= 4 is 16.7 Å². The fourth-order valence-electron chi connectivity index (χ4n) is 1.55. The normalized spacial score (nSPS) is 12.7. The van der Waals surface area contributed by atoms with Crippen LogP contribution in [0.1, 0.15) is 27.7 Å². The van der Waals surface area contributed by atoms with Gasteiger partial charge in [0.15, 0.2) is 0 Å². The number of rotatable bonds is 3. The highest BCUT2D eigenvalue weighted by Crippen LogP contribution is 2.28.